The first kappa shape index (κ1) is 9.43. The van der Waals surface area contributed by atoms with E-state index in [0.717, 1.165) is 17.8 Å². The van der Waals surface area contributed by atoms with E-state index in [2.05, 4.69) is 0 Å². The SMILES string of the molecule is CN1CC=Cc2cccc(S(=O)O)c21. The highest BCUT2D eigenvalue weighted by molar-refractivity contribution is 7.79. The molecule has 0 saturated heterocycles. The molecule has 0 radical (unpaired) electrons. The molecule has 0 saturated carbocycles. The molecule has 0 spiro atoms. The molecule has 2 rings (SSSR count). The highest BCUT2D eigenvalue weighted by Gasteiger charge is 2.16. The molecule has 1 unspecified atom stereocenters. The normalized spacial score (nSPS) is 16.6. The smallest absolute Gasteiger partial charge is 0.188 e. The Morgan fingerprint density at radius 3 is 3.00 bits per heavy atom. The molecule has 74 valence electrons. The lowest BCUT2D eigenvalue weighted by atomic mass is 10.1. The number of para-hydroxylation sites is 1. The molecule has 0 aliphatic carbocycles. The van der Waals surface area contributed by atoms with Crippen LogP contribution >= 0.6 is 0 Å². The molecule has 4 heteroatoms. The fourth-order valence-corrected chi connectivity index (χ4v) is 2.29. The van der Waals surface area contributed by atoms with E-state index in [0.29, 0.717) is 4.90 Å². The summed E-state index contributed by atoms with van der Waals surface area (Å²) in [5.74, 6) is 0. The average molecular weight is 209 g/mol. The third-order valence-electron chi connectivity index (χ3n) is 2.28. The lowest BCUT2D eigenvalue weighted by molar-refractivity contribution is 0.564. The van der Waals surface area contributed by atoms with Gasteiger partial charge in [-0.2, -0.15) is 0 Å². The molecular formula is C10H11NO2S. The van der Waals surface area contributed by atoms with E-state index in [1.54, 1.807) is 12.1 Å². The number of likely N-dealkylation sites (N-methyl/N-ethyl adjacent to an activating group) is 1. The lowest BCUT2D eigenvalue weighted by Gasteiger charge is -2.25. The predicted molar refractivity (Wildman–Crippen MR) is 57.8 cm³/mol. The van der Waals surface area contributed by atoms with Gasteiger partial charge in [0, 0.05) is 13.6 Å². The van der Waals surface area contributed by atoms with Gasteiger partial charge in [-0.15, -0.1) is 0 Å². The van der Waals surface area contributed by atoms with E-state index in [1.807, 2.05) is 30.2 Å². The molecule has 1 aromatic carbocycles. The van der Waals surface area contributed by atoms with Gasteiger partial charge in [0.1, 0.15) is 0 Å². The summed E-state index contributed by atoms with van der Waals surface area (Å²) < 4.78 is 20.2. The second-order valence-corrected chi connectivity index (χ2v) is 4.16. The van der Waals surface area contributed by atoms with Crippen molar-refractivity contribution in [2.45, 2.75) is 4.90 Å². The number of hydrogen-bond acceptors (Lipinski definition) is 2. The van der Waals surface area contributed by atoms with Gasteiger partial charge in [-0.05, 0) is 11.6 Å². The van der Waals surface area contributed by atoms with Gasteiger partial charge in [0.25, 0.3) is 0 Å². The monoisotopic (exact) mass is 209 g/mol. The molecule has 1 aliphatic heterocycles. The quantitative estimate of drug-likeness (QED) is 0.716. The fraction of sp³-hybridized carbons (Fsp3) is 0.200. The molecule has 1 aromatic rings. The van der Waals surface area contributed by atoms with E-state index in [4.69, 9.17) is 4.55 Å². The van der Waals surface area contributed by atoms with Gasteiger partial charge < -0.3 is 9.45 Å². The Hall–Kier alpha value is -1.13. The highest BCUT2D eigenvalue weighted by Crippen LogP contribution is 2.30. The molecule has 1 N–H and O–H groups in total. The molecule has 0 bridgehead atoms. The molecule has 1 atom stereocenters. The van der Waals surface area contributed by atoms with E-state index >= 15 is 0 Å². The Balaban J connectivity index is 2.64. The van der Waals surface area contributed by atoms with Crippen molar-refractivity contribution in [3.05, 3.63) is 29.8 Å². The van der Waals surface area contributed by atoms with Crippen molar-refractivity contribution in [2.24, 2.45) is 0 Å². The Bertz CT molecular complexity index is 415. The molecule has 0 aromatic heterocycles. The lowest BCUT2D eigenvalue weighted by Crippen LogP contribution is -2.22. The Morgan fingerprint density at radius 1 is 1.50 bits per heavy atom. The van der Waals surface area contributed by atoms with Crippen LogP contribution in [0, 0.1) is 0 Å². The van der Waals surface area contributed by atoms with Gasteiger partial charge in [-0.25, -0.2) is 4.21 Å². The molecule has 1 aliphatic rings. The molecular weight excluding hydrogens is 198 g/mol. The first-order valence-corrected chi connectivity index (χ1v) is 5.42. The third kappa shape index (κ3) is 1.47. The molecule has 14 heavy (non-hydrogen) atoms. The van der Waals surface area contributed by atoms with Crippen molar-refractivity contribution in [2.75, 3.05) is 18.5 Å². The molecule has 3 nitrogen and oxygen atoms in total. The summed E-state index contributed by atoms with van der Waals surface area (Å²) in [4.78, 5) is 2.45. The minimum atomic E-state index is -1.91. The van der Waals surface area contributed by atoms with Crippen LogP contribution in [-0.2, 0) is 11.1 Å². The summed E-state index contributed by atoms with van der Waals surface area (Å²) in [6, 6.07) is 5.42. The van der Waals surface area contributed by atoms with Gasteiger partial charge >= 0.3 is 0 Å². The van der Waals surface area contributed by atoms with Crippen molar-refractivity contribution in [3.63, 3.8) is 0 Å². The minimum absolute atomic E-state index is 0.481. The summed E-state index contributed by atoms with van der Waals surface area (Å²) in [5.41, 5.74) is 1.86. The van der Waals surface area contributed by atoms with Crippen molar-refractivity contribution >= 4 is 22.8 Å². The van der Waals surface area contributed by atoms with Crippen molar-refractivity contribution in [3.8, 4) is 0 Å². The summed E-state index contributed by atoms with van der Waals surface area (Å²) in [5, 5.41) is 0. The zero-order valence-electron chi connectivity index (χ0n) is 7.80. The number of anilines is 1. The zero-order valence-corrected chi connectivity index (χ0v) is 8.62. The van der Waals surface area contributed by atoms with Crippen molar-refractivity contribution in [1.29, 1.82) is 0 Å². The van der Waals surface area contributed by atoms with Crippen LogP contribution in [0.15, 0.2) is 29.2 Å². The number of nitrogens with zero attached hydrogens (tertiary/aromatic N) is 1. The largest absolute Gasteiger partial charge is 0.369 e. The Morgan fingerprint density at radius 2 is 2.29 bits per heavy atom. The van der Waals surface area contributed by atoms with Crippen LogP contribution in [0.5, 0.6) is 0 Å². The van der Waals surface area contributed by atoms with Gasteiger partial charge in [-0.3, -0.25) is 0 Å². The summed E-state index contributed by atoms with van der Waals surface area (Å²) in [6.45, 7) is 0.779. The second kappa shape index (κ2) is 3.55. The molecule has 1 heterocycles. The maximum absolute atomic E-state index is 11.1. The number of fused-ring (bicyclic) bond motifs is 1. The maximum atomic E-state index is 11.1. The predicted octanol–water partition coefficient (Wildman–Crippen LogP) is 1.73. The fourth-order valence-electron chi connectivity index (χ4n) is 1.65. The summed E-state index contributed by atoms with van der Waals surface area (Å²) in [7, 11) is 1.92. The van der Waals surface area contributed by atoms with Crippen LogP contribution in [0.25, 0.3) is 6.08 Å². The second-order valence-electron chi connectivity index (χ2n) is 3.23. The van der Waals surface area contributed by atoms with Crippen LogP contribution in [-0.4, -0.2) is 22.4 Å². The van der Waals surface area contributed by atoms with Crippen molar-refractivity contribution in [1.82, 2.24) is 0 Å². The maximum Gasteiger partial charge on any atom is 0.188 e. The molecule has 0 amide bonds. The average Bonchev–Trinajstić information content (AvgIpc) is 2.17. The number of hydrogen-bond donors (Lipinski definition) is 1. The topological polar surface area (TPSA) is 40.5 Å². The van der Waals surface area contributed by atoms with Gasteiger partial charge in [0.2, 0.25) is 0 Å². The zero-order chi connectivity index (χ0) is 10.1. The summed E-state index contributed by atoms with van der Waals surface area (Å²) in [6.07, 6.45) is 4.01. The van der Waals surface area contributed by atoms with E-state index < -0.39 is 11.1 Å². The van der Waals surface area contributed by atoms with Gasteiger partial charge in [0.15, 0.2) is 11.1 Å². The van der Waals surface area contributed by atoms with E-state index in [9.17, 15) is 4.21 Å². The summed E-state index contributed by atoms with van der Waals surface area (Å²) >= 11 is -1.91. The Kier molecular flexibility index (Phi) is 2.39. The van der Waals surface area contributed by atoms with Crippen LogP contribution in [0.2, 0.25) is 0 Å². The minimum Gasteiger partial charge on any atom is -0.369 e. The van der Waals surface area contributed by atoms with Crippen LogP contribution < -0.4 is 4.90 Å². The molecule has 0 fully saturated rings. The third-order valence-corrected chi connectivity index (χ3v) is 2.98. The standard InChI is InChI=1S/C10H11NO2S/c1-11-7-3-5-8-4-2-6-9(10(8)11)14(12)13/h2-6H,7H2,1H3,(H,12,13). The first-order chi connectivity index (χ1) is 6.70. The van der Waals surface area contributed by atoms with E-state index in [-0.39, 0.29) is 0 Å². The van der Waals surface area contributed by atoms with Crippen molar-refractivity contribution < 1.29 is 8.76 Å². The van der Waals surface area contributed by atoms with Gasteiger partial charge in [0.05, 0.1) is 10.6 Å². The number of rotatable bonds is 1. The Labute approximate surface area is 85.3 Å². The van der Waals surface area contributed by atoms with Crippen LogP contribution in [0.1, 0.15) is 5.56 Å². The highest BCUT2D eigenvalue weighted by atomic mass is 32.2. The van der Waals surface area contributed by atoms with Gasteiger partial charge in [-0.1, -0.05) is 24.3 Å². The van der Waals surface area contributed by atoms with E-state index in [1.165, 1.54) is 0 Å². The first-order valence-electron chi connectivity index (χ1n) is 4.31. The van der Waals surface area contributed by atoms with Crippen LogP contribution in [0.3, 0.4) is 0 Å². The number of benzene rings is 1. The van der Waals surface area contributed by atoms with Crippen LogP contribution in [0.4, 0.5) is 5.69 Å².